The van der Waals surface area contributed by atoms with Crippen molar-refractivity contribution in [3.63, 3.8) is 0 Å². The molecule has 0 radical (unpaired) electrons. The lowest BCUT2D eigenvalue weighted by Gasteiger charge is -2.18. The number of hydrogen-bond acceptors (Lipinski definition) is 2. The van der Waals surface area contributed by atoms with Gasteiger partial charge in [0.05, 0.1) is 6.61 Å². The second-order valence-corrected chi connectivity index (χ2v) is 5.35. The molecular weight excluding hydrogens is 241 g/mol. The molecule has 0 fully saturated rings. The average Bonchev–Trinajstić information content (AvgIpc) is 2.34. The molecule has 0 saturated carbocycles. The van der Waals surface area contributed by atoms with Crippen molar-refractivity contribution >= 4 is 0 Å². The van der Waals surface area contributed by atoms with Gasteiger partial charge in [-0.25, -0.2) is 4.39 Å². The summed E-state index contributed by atoms with van der Waals surface area (Å²) in [6.07, 6.45) is 2.14. The van der Waals surface area contributed by atoms with E-state index in [1.54, 1.807) is 6.07 Å². The predicted octanol–water partition coefficient (Wildman–Crippen LogP) is 4.31. The Hall–Kier alpha value is -1.09. The summed E-state index contributed by atoms with van der Waals surface area (Å²) >= 11 is 0. The van der Waals surface area contributed by atoms with Crippen LogP contribution in [0.3, 0.4) is 0 Å². The molecule has 0 spiro atoms. The van der Waals surface area contributed by atoms with Gasteiger partial charge < -0.3 is 10.1 Å². The monoisotopic (exact) mass is 267 g/mol. The van der Waals surface area contributed by atoms with Crippen LogP contribution in [0.25, 0.3) is 0 Å². The van der Waals surface area contributed by atoms with E-state index in [4.69, 9.17) is 4.74 Å². The van der Waals surface area contributed by atoms with Crippen molar-refractivity contribution in [3.8, 4) is 5.75 Å². The van der Waals surface area contributed by atoms with Crippen molar-refractivity contribution in [2.24, 2.45) is 5.92 Å². The molecule has 3 heteroatoms. The van der Waals surface area contributed by atoms with Crippen molar-refractivity contribution in [2.75, 3.05) is 13.2 Å². The van der Waals surface area contributed by atoms with Gasteiger partial charge in [0.2, 0.25) is 0 Å². The third-order valence-electron chi connectivity index (χ3n) is 3.14. The second kappa shape index (κ2) is 8.16. The zero-order valence-electron chi connectivity index (χ0n) is 12.5. The summed E-state index contributed by atoms with van der Waals surface area (Å²) in [4.78, 5) is 0. The number of hydrogen-bond donors (Lipinski definition) is 1. The van der Waals surface area contributed by atoms with Crippen LogP contribution in [0.1, 0.15) is 52.1 Å². The van der Waals surface area contributed by atoms with Gasteiger partial charge in [0.1, 0.15) is 11.6 Å². The van der Waals surface area contributed by atoms with Crippen LogP contribution < -0.4 is 10.1 Å². The van der Waals surface area contributed by atoms with Crippen molar-refractivity contribution in [1.82, 2.24) is 5.32 Å². The lowest BCUT2D eigenvalue weighted by atomic mass is 10.1. The fourth-order valence-corrected chi connectivity index (χ4v) is 2.08. The first-order valence-electron chi connectivity index (χ1n) is 7.20. The maximum atomic E-state index is 13.3. The first-order chi connectivity index (χ1) is 9.04. The highest BCUT2D eigenvalue weighted by molar-refractivity contribution is 5.36. The Labute approximate surface area is 116 Å². The van der Waals surface area contributed by atoms with Crippen molar-refractivity contribution in [3.05, 3.63) is 29.6 Å². The minimum atomic E-state index is -0.244. The molecule has 1 aromatic rings. The first kappa shape index (κ1) is 16.0. The Balaban J connectivity index is 2.66. The molecule has 1 rings (SSSR count). The lowest BCUT2D eigenvalue weighted by molar-refractivity contribution is 0.291. The van der Waals surface area contributed by atoms with Crippen molar-refractivity contribution < 1.29 is 9.13 Å². The Kier molecular flexibility index (Phi) is 6.85. The molecule has 19 heavy (non-hydrogen) atoms. The van der Waals surface area contributed by atoms with Gasteiger partial charge in [0.15, 0.2) is 0 Å². The number of halogens is 1. The van der Waals surface area contributed by atoms with Crippen molar-refractivity contribution in [1.29, 1.82) is 0 Å². The van der Waals surface area contributed by atoms with Crippen molar-refractivity contribution in [2.45, 2.75) is 46.6 Å². The summed E-state index contributed by atoms with van der Waals surface area (Å²) in [5.41, 5.74) is 1.02. The summed E-state index contributed by atoms with van der Waals surface area (Å²) in [7, 11) is 0. The van der Waals surface area contributed by atoms with Crippen LogP contribution in [0.15, 0.2) is 18.2 Å². The number of rotatable bonds is 8. The molecule has 0 heterocycles. The van der Waals surface area contributed by atoms with E-state index in [0.717, 1.165) is 24.9 Å². The zero-order valence-corrected chi connectivity index (χ0v) is 12.5. The summed E-state index contributed by atoms with van der Waals surface area (Å²) in [5, 5.41) is 3.33. The lowest BCUT2D eigenvalue weighted by Crippen LogP contribution is -2.18. The van der Waals surface area contributed by atoms with Gasteiger partial charge in [-0.2, -0.15) is 0 Å². The fourth-order valence-electron chi connectivity index (χ4n) is 2.08. The highest BCUT2D eigenvalue weighted by Gasteiger charge is 2.11. The minimum Gasteiger partial charge on any atom is -0.493 e. The maximum Gasteiger partial charge on any atom is 0.126 e. The van der Waals surface area contributed by atoms with Gasteiger partial charge in [0, 0.05) is 17.7 Å². The van der Waals surface area contributed by atoms with E-state index in [2.05, 4.69) is 33.0 Å². The molecule has 1 N–H and O–H groups in total. The van der Waals surface area contributed by atoms with Gasteiger partial charge in [-0.1, -0.05) is 26.8 Å². The summed E-state index contributed by atoms with van der Waals surface area (Å²) in [5.74, 6) is 1.10. The number of benzene rings is 1. The largest absolute Gasteiger partial charge is 0.493 e. The molecule has 1 unspecified atom stereocenters. The highest BCUT2D eigenvalue weighted by Crippen LogP contribution is 2.26. The molecule has 0 saturated heterocycles. The zero-order chi connectivity index (χ0) is 14.3. The Bertz CT molecular complexity index is 379. The molecule has 0 aliphatic carbocycles. The van der Waals surface area contributed by atoms with E-state index >= 15 is 0 Å². The van der Waals surface area contributed by atoms with Gasteiger partial charge in [0.25, 0.3) is 0 Å². The van der Waals surface area contributed by atoms with E-state index in [1.165, 1.54) is 12.1 Å². The van der Waals surface area contributed by atoms with E-state index in [0.29, 0.717) is 18.3 Å². The number of ether oxygens (including phenoxy) is 1. The minimum absolute atomic E-state index is 0.172. The van der Waals surface area contributed by atoms with Crippen LogP contribution in [-0.4, -0.2) is 13.2 Å². The Morgan fingerprint density at radius 2 is 2.00 bits per heavy atom. The summed E-state index contributed by atoms with van der Waals surface area (Å²) in [6, 6.07) is 4.95. The third-order valence-corrected chi connectivity index (χ3v) is 3.14. The van der Waals surface area contributed by atoms with Crippen LogP contribution >= 0.6 is 0 Å². The Morgan fingerprint density at radius 1 is 1.26 bits per heavy atom. The molecule has 108 valence electrons. The molecule has 0 aliphatic heterocycles. The smallest absolute Gasteiger partial charge is 0.126 e. The first-order valence-corrected chi connectivity index (χ1v) is 7.20. The average molecular weight is 267 g/mol. The molecule has 0 aliphatic rings. The van der Waals surface area contributed by atoms with Crippen LogP contribution in [0.5, 0.6) is 5.75 Å². The number of nitrogens with one attached hydrogen (secondary N) is 1. The van der Waals surface area contributed by atoms with E-state index in [9.17, 15) is 4.39 Å². The molecule has 1 aromatic carbocycles. The van der Waals surface area contributed by atoms with E-state index in [-0.39, 0.29) is 11.9 Å². The van der Waals surface area contributed by atoms with Gasteiger partial charge in [-0.3, -0.25) is 0 Å². The van der Waals surface area contributed by atoms with E-state index < -0.39 is 0 Å². The van der Waals surface area contributed by atoms with Gasteiger partial charge in [-0.15, -0.1) is 0 Å². The molecule has 0 aromatic heterocycles. The second-order valence-electron chi connectivity index (χ2n) is 5.35. The molecule has 0 bridgehead atoms. The van der Waals surface area contributed by atoms with Crippen LogP contribution in [0, 0.1) is 11.7 Å². The molecule has 1 atom stereocenters. The topological polar surface area (TPSA) is 21.3 Å². The SMILES string of the molecule is CCNC(C)c1ccc(F)cc1OCCCC(C)C. The van der Waals surface area contributed by atoms with Crippen LogP contribution in [0.4, 0.5) is 4.39 Å². The summed E-state index contributed by atoms with van der Waals surface area (Å²) in [6.45, 7) is 10.0. The molecular formula is C16H26FNO. The predicted molar refractivity (Wildman–Crippen MR) is 78.1 cm³/mol. The van der Waals surface area contributed by atoms with Crippen LogP contribution in [0.2, 0.25) is 0 Å². The molecule has 0 amide bonds. The van der Waals surface area contributed by atoms with Gasteiger partial charge >= 0.3 is 0 Å². The normalized spacial score (nSPS) is 12.7. The van der Waals surface area contributed by atoms with Gasteiger partial charge in [-0.05, 0) is 38.3 Å². The highest BCUT2D eigenvalue weighted by atomic mass is 19.1. The van der Waals surface area contributed by atoms with E-state index in [1.807, 2.05) is 0 Å². The molecule has 2 nitrogen and oxygen atoms in total. The quantitative estimate of drug-likeness (QED) is 0.709. The fraction of sp³-hybridized carbons (Fsp3) is 0.625. The third kappa shape index (κ3) is 5.60. The standard InChI is InChI=1S/C16H26FNO/c1-5-18-13(4)15-9-8-14(17)11-16(15)19-10-6-7-12(2)3/h8-9,11-13,18H,5-7,10H2,1-4H3. The maximum absolute atomic E-state index is 13.3. The van der Waals surface area contributed by atoms with Crippen LogP contribution in [-0.2, 0) is 0 Å². The summed E-state index contributed by atoms with van der Waals surface area (Å²) < 4.78 is 19.1. The Morgan fingerprint density at radius 3 is 2.63 bits per heavy atom.